The van der Waals surface area contributed by atoms with Crippen LogP contribution in [0.5, 0.6) is 0 Å². The molecule has 4 rings (SSSR count). The third kappa shape index (κ3) is 4.73. The van der Waals surface area contributed by atoms with Crippen molar-refractivity contribution in [1.82, 2.24) is 15.2 Å². The Kier molecular flexibility index (Phi) is 6.37. The van der Waals surface area contributed by atoms with Crippen molar-refractivity contribution in [2.45, 2.75) is 24.7 Å². The molecule has 3 aromatic rings. The van der Waals surface area contributed by atoms with Crippen molar-refractivity contribution < 1.29 is 19.1 Å². The van der Waals surface area contributed by atoms with Gasteiger partial charge in [0.2, 0.25) is 0 Å². The van der Waals surface area contributed by atoms with Crippen molar-refractivity contribution in [3.05, 3.63) is 58.6 Å². The Morgan fingerprint density at radius 3 is 2.78 bits per heavy atom. The second kappa shape index (κ2) is 9.36. The van der Waals surface area contributed by atoms with Crippen LogP contribution in [0, 0.1) is 11.3 Å². The van der Waals surface area contributed by atoms with Gasteiger partial charge < -0.3 is 24.9 Å². The predicted octanol–water partition coefficient (Wildman–Crippen LogP) is 0.699. The average molecular weight is 436 g/mol. The third-order valence-electron chi connectivity index (χ3n) is 5.48. The average Bonchev–Trinajstić information content (AvgIpc) is 2.94. The minimum absolute atomic E-state index is 0.0720. The number of amides is 1. The number of ether oxygens (including phenoxy) is 1. The highest BCUT2D eigenvalue weighted by atomic mass is 16.5. The van der Waals surface area contributed by atoms with Crippen LogP contribution in [0.4, 0.5) is 0 Å². The second-order valence-corrected chi connectivity index (χ2v) is 7.83. The smallest absolute Gasteiger partial charge is 0.408 e. The number of oxazole rings is 1. The van der Waals surface area contributed by atoms with Crippen molar-refractivity contribution in [3.63, 3.8) is 0 Å². The molecule has 2 aromatic carbocycles. The van der Waals surface area contributed by atoms with Gasteiger partial charge in [0.25, 0.3) is 5.91 Å². The van der Waals surface area contributed by atoms with Crippen molar-refractivity contribution in [2.24, 2.45) is 7.05 Å². The van der Waals surface area contributed by atoms with Crippen LogP contribution in [0.3, 0.4) is 0 Å². The molecule has 1 aliphatic heterocycles. The molecule has 1 fully saturated rings. The van der Waals surface area contributed by atoms with Gasteiger partial charge in [-0.25, -0.2) is 4.79 Å². The van der Waals surface area contributed by atoms with Gasteiger partial charge in [0.05, 0.1) is 24.3 Å². The maximum Gasteiger partial charge on any atom is 0.419 e. The van der Waals surface area contributed by atoms with Crippen LogP contribution < -0.4 is 16.4 Å². The Labute approximate surface area is 184 Å². The number of hydrogen-bond donors (Lipinski definition) is 3. The molecule has 1 aliphatic rings. The molecule has 0 saturated carbocycles. The highest BCUT2D eigenvalue weighted by molar-refractivity contribution is 5.82. The number of β-amino-alcohol motifs (C(OH)–C–C–N with tert-alkyl or cyclic N) is 1. The highest BCUT2D eigenvalue weighted by Crippen LogP contribution is 2.24. The van der Waals surface area contributed by atoms with Gasteiger partial charge in [0.15, 0.2) is 5.58 Å². The zero-order valence-electron chi connectivity index (χ0n) is 17.6. The second-order valence-electron chi connectivity index (χ2n) is 7.83. The van der Waals surface area contributed by atoms with E-state index in [1.807, 2.05) is 36.4 Å². The van der Waals surface area contributed by atoms with E-state index in [2.05, 4.69) is 16.7 Å². The molecule has 0 spiro atoms. The summed E-state index contributed by atoms with van der Waals surface area (Å²) in [6, 6.07) is 14.6. The minimum atomic E-state index is -0.751. The lowest BCUT2D eigenvalue weighted by molar-refractivity contribution is -0.133. The molecule has 1 amide bonds. The summed E-state index contributed by atoms with van der Waals surface area (Å²) in [6.45, 7) is 0.715. The number of carbonyl (C=O) groups excluding carboxylic acids is 1. The minimum Gasteiger partial charge on any atom is -0.408 e. The molecule has 3 N–H and O–H groups in total. The number of fused-ring (bicyclic) bond motifs is 1. The van der Waals surface area contributed by atoms with E-state index in [1.165, 1.54) is 4.57 Å². The van der Waals surface area contributed by atoms with Gasteiger partial charge in [-0.2, -0.15) is 5.26 Å². The molecular formula is C23H24N4O5. The van der Waals surface area contributed by atoms with E-state index in [0.717, 1.165) is 16.7 Å². The molecule has 9 nitrogen and oxygen atoms in total. The van der Waals surface area contributed by atoms with E-state index >= 15 is 0 Å². The molecule has 2 heterocycles. The molecule has 0 aliphatic carbocycles. The van der Waals surface area contributed by atoms with E-state index < -0.39 is 24.0 Å². The number of nitrogens with zero attached hydrogens (tertiary/aromatic N) is 2. The summed E-state index contributed by atoms with van der Waals surface area (Å²) in [6.07, 6.45) is -1.06. The van der Waals surface area contributed by atoms with Crippen LogP contribution in [0.15, 0.2) is 51.7 Å². The Hall–Kier alpha value is -3.45. The maximum absolute atomic E-state index is 12.5. The fourth-order valence-corrected chi connectivity index (χ4v) is 3.66. The SMILES string of the molecule is Cn1c(=O)oc2ccc(-c3ccc(C[C@@H](C#N)NC(=O)[C@@H]4CNC[C@@H](O)CO4)cc3)cc21. The number of nitriles is 1. The normalized spacial score (nSPS) is 19.8. The van der Waals surface area contributed by atoms with Crippen LogP contribution in [0.1, 0.15) is 5.56 Å². The first kappa shape index (κ1) is 21.8. The number of nitrogens with one attached hydrogen (secondary N) is 2. The Morgan fingerprint density at radius 1 is 1.28 bits per heavy atom. The zero-order chi connectivity index (χ0) is 22.7. The summed E-state index contributed by atoms with van der Waals surface area (Å²) in [7, 11) is 1.66. The number of hydrogen-bond acceptors (Lipinski definition) is 7. The van der Waals surface area contributed by atoms with E-state index in [-0.39, 0.29) is 19.1 Å². The van der Waals surface area contributed by atoms with E-state index in [9.17, 15) is 20.0 Å². The number of aliphatic hydroxyl groups excluding tert-OH is 1. The first-order chi connectivity index (χ1) is 15.4. The van der Waals surface area contributed by atoms with Crippen LogP contribution in [0.2, 0.25) is 0 Å². The molecule has 9 heteroatoms. The molecular weight excluding hydrogens is 412 g/mol. The van der Waals surface area contributed by atoms with Crippen LogP contribution in [-0.2, 0) is 23.0 Å². The summed E-state index contributed by atoms with van der Waals surface area (Å²) < 4.78 is 12.0. The van der Waals surface area contributed by atoms with Gasteiger partial charge in [0.1, 0.15) is 12.1 Å². The summed E-state index contributed by atoms with van der Waals surface area (Å²) in [5.41, 5.74) is 4.04. The molecule has 166 valence electrons. The molecule has 0 unspecified atom stereocenters. The first-order valence-corrected chi connectivity index (χ1v) is 10.3. The number of aryl methyl sites for hydroxylation is 1. The number of rotatable bonds is 5. The fourth-order valence-electron chi connectivity index (χ4n) is 3.66. The Balaban J connectivity index is 1.42. The maximum atomic E-state index is 12.5. The summed E-state index contributed by atoms with van der Waals surface area (Å²) in [5, 5.41) is 24.8. The number of carbonyl (C=O) groups is 1. The summed E-state index contributed by atoms with van der Waals surface area (Å²) >= 11 is 0. The molecule has 0 bridgehead atoms. The van der Waals surface area contributed by atoms with E-state index in [1.54, 1.807) is 13.1 Å². The summed E-state index contributed by atoms with van der Waals surface area (Å²) in [4.78, 5) is 24.1. The van der Waals surface area contributed by atoms with Gasteiger partial charge in [-0.3, -0.25) is 9.36 Å². The van der Waals surface area contributed by atoms with Gasteiger partial charge in [0, 0.05) is 26.6 Å². The van der Waals surface area contributed by atoms with Crippen molar-refractivity contribution in [2.75, 3.05) is 19.7 Å². The van der Waals surface area contributed by atoms with Crippen LogP contribution in [-0.4, -0.2) is 53.5 Å². The molecule has 0 radical (unpaired) electrons. The van der Waals surface area contributed by atoms with Crippen molar-refractivity contribution in [3.8, 4) is 17.2 Å². The number of aromatic nitrogens is 1. The summed E-state index contributed by atoms with van der Waals surface area (Å²) in [5.74, 6) is -0.785. The molecule has 1 aromatic heterocycles. The van der Waals surface area contributed by atoms with Gasteiger partial charge in [-0.1, -0.05) is 30.3 Å². The zero-order valence-corrected chi connectivity index (χ0v) is 17.6. The first-order valence-electron chi connectivity index (χ1n) is 10.3. The number of benzene rings is 2. The Bertz CT molecular complexity index is 1210. The van der Waals surface area contributed by atoms with E-state index in [0.29, 0.717) is 24.1 Å². The monoisotopic (exact) mass is 436 g/mol. The highest BCUT2D eigenvalue weighted by Gasteiger charge is 2.25. The van der Waals surface area contributed by atoms with Crippen LogP contribution in [0.25, 0.3) is 22.2 Å². The van der Waals surface area contributed by atoms with Crippen LogP contribution >= 0.6 is 0 Å². The lowest BCUT2D eigenvalue weighted by Gasteiger charge is -2.18. The topological polar surface area (TPSA) is 130 Å². The van der Waals surface area contributed by atoms with Gasteiger partial charge in [-0.15, -0.1) is 0 Å². The molecule has 3 atom stereocenters. The quantitative estimate of drug-likeness (QED) is 0.537. The van der Waals surface area contributed by atoms with Crippen molar-refractivity contribution in [1.29, 1.82) is 5.26 Å². The Morgan fingerprint density at radius 2 is 2.03 bits per heavy atom. The fraction of sp³-hybridized carbons (Fsp3) is 0.348. The van der Waals surface area contributed by atoms with E-state index in [4.69, 9.17) is 9.15 Å². The lowest BCUT2D eigenvalue weighted by atomic mass is 10.0. The lowest BCUT2D eigenvalue weighted by Crippen LogP contribution is -2.46. The number of aliphatic hydroxyl groups is 1. The molecule has 32 heavy (non-hydrogen) atoms. The standard InChI is InChI=1S/C23H24N4O5/c1-27-19-9-16(6-7-20(19)32-23(27)30)15-4-2-14(3-5-15)8-17(10-24)26-22(29)21-12-25-11-18(28)13-31-21/h2-7,9,17-18,21,25,28H,8,11-13H2,1H3,(H,26,29)/t17-,18+,21-/m0/s1. The molecule has 1 saturated heterocycles. The van der Waals surface area contributed by atoms with Crippen molar-refractivity contribution >= 4 is 17.0 Å². The van der Waals surface area contributed by atoms with Gasteiger partial charge >= 0.3 is 5.76 Å². The predicted molar refractivity (Wildman–Crippen MR) is 117 cm³/mol. The largest absolute Gasteiger partial charge is 0.419 e. The third-order valence-corrected chi connectivity index (χ3v) is 5.48. The van der Waals surface area contributed by atoms with Gasteiger partial charge in [-0.05, 0) is 28.8 Å².